The van der Waals surface area contributed by atoms with E-state index in [1.165, 1.54) is 25.3 Å². The third-order valence-corrected chi connectivity index (χ3v) is 3.17. The molecular formula is C8H8BN12-. The zero-order valence-corrected chi connectivity index (χ0v) is 10.6. The zero-order valence-electron chi connectivity index (χ0n) is 10.6. The Balaban J connectivity index is 2.10. The molecule has 12 nitrogen and oxygen atoms in total. The lowest BCUT2D eigenvalue weighted by Gasteiger charge is -2.39. The second-order valence-corrected chi connectivity index (χ2v) is 4.19. The molecule has 13 heteroatoms. The zero-order chi connectivity index (χ0) is 14.1. The molecule has 0 atom stereocenters. The Labute approximate surface area is 117 Å². The van der Waals surface area contributed by atoms with E-state index in [0.717, 1.165) is 0 Å². The Morgan fingerprint density at radius 3 is 0.952 bits per heavy atom. The van der Waals surface area contributed by atoms with Crippen molar-refractivity contribution < 1.29 is 0 Å². The number of rotatable bonds is 4. The van der Waals surface area contributed by atoms with Crippen molar-refractivity contribution in [2.75, 3.05) is 0 Å². The minimum atomic E-state index is -2.08. The van der Waals surface area contributed by atoms with Crippen LogP contribution in [0, 0.1) is 0 Å². The lowest BCUT2D eigenvalue weighted by molar-refractivity contribution is 0.653. The summed E-state index contributed by atoms with van der Waals surface area (Å²) in [5.74, 6) is 0. The van der Waals surface area contributed by atoms with Gasteiger partial charge in [-0.15, -0.1) is 0 Å². The second-order valence-electron chi connectivity index (χ2n) is 4.19. The first-order valence-electron chi connectivity index (χ1n) is 5.96. The predicted octanol–water partition coefficient (Wildman–Crippen LogP) is -2.02. The van der Waals surface area contributed by atoms with E-state index in [1.54, 1.807) is 43.7 Å². The summed E-state index contributed by atoms with van der Waals surface area (Å²) in [6.45, 7) is -2.08. The Hall–Kier alpha value is -3.38. The van der Waals surface area contributed by atoms with Gasteiger partial charge in [0, 0.05) is 0 Å². The van der Waals surface area contributed by atoms with Crippen LogP contribution in [0.5, 0.6) is 0 Å². The number of nitrogens with zero attached hydrogens (tertiary/aromatic N) is 12. The molecule has 21 heavy (non-hydrogen) atoms. The van der Waals surface area contributed by atoms with Crippen molar-refractivity contribution in [2.45, 2.75) is 0 Å². The Kier molecular flexibility index (Phi) is 2.36. The Bertz CT molecular complexity index is 643. The maximum absolute atomic E-state index is 4.22. The third kappa shape index (κ3) is 1.50. The first-order valence-corrected chi connectivity index (χ1v) is 5.96. The minimum absolute atomic E-state index is 1.42. The maximum Gasteiger partial charge on any atom is 0.470 e. The van der Waals surface area contributed by atoms with E-state index in [2.05, 4.69) is 40.3 Å². The molecule has 4 aromatic heterocycles. The average Bonchev–Trinajstić information content (AvgIpc) is 3.32. The van der Waals surface area contributed by atoms with Gasteiger partial charge < -0.3 is 18.4 Å². The number of hydrogen-bond donors (Lipinski definition) is 0. The number of aromatic nitrogens is 12. The van der Waals surface area contributed by atoms with Crippen molar-refractivity contribution >= 4 is 6.69 Å². The summed E-state index contributed by atoms with van der Waals surface area (Å²) in [6.07, 6.45) is 11.9. The first-order chi connectivity index (χ1) is 10.4. The van der Waals surface area contributed by atoms with Gasteiger partial charge in [0.25, 0.3) is 0 Å². The molecule has 0 aliphatic rings. The lowest BCUT2D eigenvalue weighted by atomic mass is 9.75. The Morgan fingerprint density at radius 1 is 0.476 bits per heavy atom. The van der Waals surface area contributed by atoms with E-state index < -0.39 is 6.69 Å². The standard InChI is InChI=1S/C8H8BN12/c1-10-5-18(14-1)9(19-6-11-2-15-19,20-7-12-3-16-20)21-8-13-4-17-21/h1-8H/q-1. The summed E-state index contributed by atoms with van der Waals surface area (Å²) in [6, 6.07) is 0. The largest absolute Gasteiger partial charge is 0.470 e. The molecule has 0 spiro atoms. The van der Waals surface area contributed by atoms with E-state index in [-0.39, 0.29) is 0 Å². The molecule has 0 aliphatic heterocycles. The lowest BCUT2D eigenvalue weighted by Crippen LogP contribution is -2.65. The van der Waals surface area contributed by atoms with Crippen molar-refractivity contribution in [3.05, 3.63) is 50.6 Å². The highest BCUT2D eigenvalue weighted by molar-refractivity contribution is 6.72. The molecule has 0 aliphatic carbocycles. The van der Waals surface area contributed by atoms with E-state index >= 15 is 0 Å². The average molecular weight is 283 g/mol. The van der Waals surface area contributed by atoms with Crippen LogP contribution in [-0.2, 0) is 0 Å². The molecule has 0 saturated heterocycles. The van der Waals surface area contributed by atoms with Gasteiger partial charge >= 0.3 is 6.69 Å². The van der Waals surface area contributed by atoms with Crippen LogP contribution in [0.3, 0.4) is 0 Å². The second kappa shape index (κ2) is 4.33. The van der Waals surface area contributed by atoms with Crippen molar-refractivity contribution in [2.24, 2.45) is 0 Å². The highest BCUT2D eigenvalue weighted by Gasteiger charge is 2.39. The summed E-state index contributed by atoms with van der Waals surface area (Å²) in [5, 5.41) is 16.9. The molecule has 0 unspecified atom stereocenters. The summed E-state index contributed by atoms with van der Waals surface area (Å²) in [5.41, 5.74) is 0. The van der Waals surface area contributed by atoms with E-state index in [1.807, 2.05) is 0 Å². The van der Waals surface area contributed by atoms with Crippen LogP contribution in [-0.4, -0.2) is 65.4 Å². The Morgan fingerprint density at radius 2 is 0.762 bits per heavy atom. The van der Waals surface area contributed by atoms with Gasteiger partial charge in [0.1, 0.15) is 25.3 Å². The molecular weight excluding hydrogens is 275 g/mol. The van der Waals surface area contributed by atoms with Crippen LogP contribution >= 0.6 is 0 Å². The summed E-state index contributed by atoms with van der Waals surface area (Å²) < 4.78 is 6.33. The first kappa shape index (κ1) is 11.5. The highest BCUT2D eigenvalue weighted by atomic mass is 15.6. The molecule has 104 valence electrons. The van der Waals surface area contributed by atoms with E-state index in [0.29, 0.717) is 0 Å². The summed E-state index contributed by atoms with van der Waals surface area (Å²) in [7, 11) is 0. The fraction of sp³-hybridized carbons (Fsp3) is 0. The quantitative estimate of drug-likeness (QED) is 0.393. The SMILES string of the molecule is c1ncn([B-](n2cncn2)(n2cncn2)n2cncn2)n1. The molecule has 4 aromatic rings. The minimum Gasteiger partial charge on any atom is -0.362 e. The van der Waals surface area contributed by atoms with Crippen molar-refractivity contribution in [1.82, 2.24) is 58.7 Å². The molecule has 0 saturated carbocycles. The topological polar surface area (TPSA) is 123 Å². The molecule has 4 heterocycles. The maximum atomic E-state index is 4.22. The number of hydrogen-bond acceptors (Lipinski definition) is 8. The van der Waals surface area contributed by atoms with Crippen LogP contribution in [0.25, 0.3) is 0 Å². The van der Waals surface area contributed by atoms with Crippen LogP contribution in [0.1, 0.15) is 0 Å². The molecule has 4 rings (SSSR count). The molecule has 0 bridgehead atoms. The van der Waals surface area contributed by atoms with Crippen LogP contribution < -0.4 is 0 Å². The fourth-order valence-electron chi connectivity index (χ4n) is 2.31. The molecule has 0 amide bonds. The van der Waals surface area contributed by atoms with Crippen LogP contribution in [0.2, 0.25) is 0 Å². The molecule has 0 radical (unpaired) electrons. The highest BCUT2D eigenvalue weighted by Crippen LogP contribution is 2.11. The van der Waals surface area contributed by atoms with E-state index in [9.17, 15) is 0 Å². The van der Waals surface area contributed by atoms with Gasteiger partial charge in [-0.25, -0.2) is 19.9 Å². The predicted molar refractivity (Wildman–Crippen MR) is 67.4 cm³/mol. The third-order valence-electron chi connectivity index (χ3n) is 3.17. The van der Waals surface area contributed by atoms with Gasteiger partial charge in [-0.3, -0.25) is 0 Å². The molecule has 0 aromatic carbocycles. The monoisotopic (exact) mass is 283 g/mol. The van der Waals surface area contributed by atoms with Gasteiger partial charge in [-0.05, 0) is 0 Å². The molecule has 0 N–H and O–H groups in total. The summed E-state index contributed by atoms with van der Waals surface area (Å²) in [4.78, 5) is 16.0. The van der Waals surface area contributed by atoms with Crippen molar-refractivity contribution in [1.29, 1.82) is 0 Å². The fourth-order valence-corrected chi connectivity index (χ4v) is 2.31. The smallest absolute Gasteiger partial charge is 0.362 e. The van der Waals surface area contributed by atoms with Crippen molar-refractivity contribution in [3.63, 3.8) is 0 Å². The van der Waals surface area contributed by atoms with Gasteiger partial charge in [-0.1, -0.05) is 0 Å². The van der Waals surface area contributed by atoms with Crippen molar-refractivity contribution in [3.8, 4) is 0 Å². The van der Waals surface area contributed by atoms with Gasteiger partial charge in [0.05, 0.1) is 25.3 Å². The summed E-state index contributed by atoms with van der Waals surface area (Å²) >= 11 is 0. The van der Waals surface area contributed by atoms with Gasteiger partial charge in [0.2, 0.25) is 0 Å². The van der Waals surface area contributed by atoms with Crippen LogP contribution in [0.4, 0.5) is 0 Å². The molecule has 0 fully saturated rings. The van der Waals surface area contributed by atoms with E-state index in [4.69, 9.17) is 0 Å². The van der Waals surface area contributed by atoms with Gasteiger partial charge in [0.15, 0.2) is 0 Å². The van der Waals surface area contributed by atoms with Crippen LogP contribution in [0.15, 0.2) is 50.6 Å². The normalized spacial score (nSPS) is 11.8. The van der Waals surface area contributed by atoms with Gasteiger partial charge in [-0.2, -0.15) is 20.4 Å².